The molecule has 0 atom stereocenters. The third-order valence-corrected chi connectivity index (χ3v) is 2.52. The monoisotopic (exact) mass is 285 g/mol. The number of nitrogens with zero attached hydrogens (tertiary/aromatic N) is 1. The van der Waals surface area contributed by atoms with Gasteiger partial charge in [-0.3, -0.25) is 9.78 Å². The van der Waals surface area contributed by atoms with Crippen molar-refractivity contribution in [1.29, 1.82) is 0 Å². The number of carbonyl (C=O) groups is 1. The van der Waals surface area contributed by atoms with Crippen LogP contribution in [0.4, 0.5) is 5.69 Å². The van der Waals surface area contributed by atoms with Crippen LogP contribution in [0.5, 0.6) is 0 Å². The Labute approximate surface area is 104 Å². The van der Waals surface area contributed by atoms with Crippen LogP contribution in [-0.4, -0.2) is 23.5 Å². The summed E-state index contributed by atoms with van der Waals surface area (Å²) in [6.45, 7) is 4.51. The molecule has 1 heterocycles. The van der Waals surface area contributed by atoms with Crippen LogP contribution in [0.15, 0.2) is 22.9 Å². The van der Waals surface area contributed by atoms with Crippen LogP contribution >= 0.6 is 15.9 Å². The summed E-state index contributed by atoms with van der Waals surface area (Å²) in [6, 6.07) is 2.06. The molecule has 0 aliphatic carbocycles. The Bertz CT molecular complexity index is 355. The van der Waals surface area contributed by atoms with Gasteiger partial charge in [0.15, 0.2) is 0 Å². The zero-order chi connectivity index (χ0) is 12.0. The minimum atomic E-state index is 0.0627. The number of rotatable bonds is 5. The van der Waals surface area contributed by atoms with Gasteiger partial charge in [-0.1, -0.05) is 0 Å². The Morgan fingerprint density at radius 1 is 1.56 bits per heavy atom. The van der Waals surface area contributed by atoms with E-state index in [-0.39, 0.29) is 11.9 Å². The van der Waals surface area contributed by atoms with Crippen LogP contribution in [0.3, 0.4) is 0 Å². The van der Waals surface area contributed by atoms with Crippen LogP contribution in [0.1, 0.15) is 20.3 Å². The first-order valence-corrected chi connectivity index (χ1v) is 6.01. The Morgan fingerprint density at radius 3 is 2.94 bits per heavy atom. The number of pyridine rings is 1. The van der Waals surface area contributed by atoms with Crippen molar-refractivity contribution in [3.05, 3.63) is 22.9 Å². The van der Waals surface area contributed by atoms with E-state index in [1.807, 2.05) is 19.9 Å². The molecule has 2 N–H and O–H groups in total. The fourth-order valence-electron chi connectivity index (χ4n) is 1.22. The van der Waals surface area contributed by atoms with E-state index in [2.05, 4.69) is 31.5 Å². The average Bonchev–Trinajstić information content (AvgIpc) is 2.19. The molecular formula is C11H16BrN3O. The van der Waals surface area contributed by atoms with Crippen molar-refractivity contribution in [2.75, 3.05) is 11.9 Å². The minimum absolute atomic E-state index is 0.0627. The topological polar surface area (TPSA) is 54.0 Å². The van der Waals surface area contributed by atoms with Gasteiger partial charge >= 0.3 is 0 Å². The predicted octanol–water partition coefficient (Wildman–Crippen LogP) is 2.17. The zero-order valence-electron chi connectivity index (χ0n) is 9.46. The van der Waals surface area contributed by atoms with E-state index >= 15 is 0 Å². The molecule has 0 saturated heterocycles. The number of anilines is 1. The summed E-state index contributed by atoms with van der Waals surface area (Å²) in [5.74, 6) is 0.0627. The largest absolute Gasteiger partial charge is 0.384 e. The predicted molar refractivity (Wildman–Crippen MR) is 68.3 cm³/mol. The van der Waals surface area contributed by atoms with E-state index in [1.54, 1.807) is 12.4 Å². The van der Waals surface area contributed by atoms with Gasteiger partial charge in [0.1, 0.15) is 0 Å². The number of nitrogens with one attached hydrogen (secondary N) is 2. The van der Waals surface area contributed by atoms with Crippen molar-refractivity contribution in [2.45, 2.75) is 26.3 Å². The summed E-state index contributed by atoms with van der Waals surface area (Å²) in [5.41, 5.74) is 0.951. The molecule has 1 aromatic rings. The summed E-state index contributed by atoms with van der Waals surface area (Å²) in [7, 11) is 0. The van der Waals surface area contributed by atoms with Gasteiger partial charge in [-0.05, 0) is 35.8 Å². The number of halogens is 1. The van der Waals surface area contributed by atoms with Gasteiger partial charge in [0.25, 0.3) is 0 Å². The second kappa shape index (κ2) is 6.48. The SMILES string of the molecule is CC(C)NC(=O)CCNc1ccncc1Br. The normalized spacial score (nSPS) is 10.2. The molecule has 1 amide bonds. The quantitative estimate of drug-likeness (QED) is 0.872. The molecule has 1 rings (SSSR count). The van der Waals surface area contributed by atoms with Gasteiger partial charge < -0.3 is 10.6 Å². The third kappa shape index (κ3) is 4.61. The molecule has 0 aliphatic rings. The Kier molecular flexibility index (Phi) is 5.25. The maximum absolute atomic E-state index is 11.4. The molecule has 4 nitrogen and oxygen atoms in total. The van der Waals surface area contributed by atoms with Crippen LogP contribution in [0, 0.1) is 0 Å². The summed E-state index contributed by atoms with van der Waals surface area (Å²) in [4.78, 5) is 15.3. The smallest absolute Gasteiger partial charge is 0.221 e. The highest BCUT2D eigenvalue weighted by Gasteiger charge is 2.03. The maximum atomic E-state index is 11.4. The summed E-state index contributed by atoms with van der Waals surface area (Å²) < 4.78 is 0.902. The van der Waals surface area contributed by atoms with Gasteiger partial charge in [0.05, 0.1) is 10.2 Å². The first kappa shape index (κ1) is 13.0. The molecule has 0 bridgehead atoms. The molecule has 0 spiro atoms. The Morgan fingerprint density at radius 2 is 2.31 bits per heavy atom. The first-order chi connectivity index (χ1) is 7.59. The van der Waals surface area contributed by atoms with E-state index in [9.17, 15) is 4.79 Å². The van der Waals surface area contributed by atoms with Crippen molar-refractivity contribution in [2.24, 2.45) is 0 Å². The van der Waals surface area contributed by atoms with E-state index in [1.165, 1.54) is 0 Å². The molecule has 0 unspecified atom stereocenters. The van der Waals surface area contributed by atoms with E-state index in [0.29, 0.717) is 13.0 Å². The van der Waals surface area contributed by atoms with Crippen LogP contribution in [-0.2, 0) is 4.79 Å². The molecule has 0 aliphatic heterocycles. The number of hydrogen-bond acceptors (Lipinski definition) is 3. The highest BCUT2D eigenvalue weighted by atomic mass is 79.9. The third-order valence-electron chi connectivity index (χ3n) is 1.89. The maximum Gasteiger partial charge on any atom is 0.221 e. The van der Waals surface area contributed by atoms with Gasteiger partial charge in [-0.2, -0.15) is 0 Å². The molecule has 0 radical (unpaired) electrons. The van der Waals surface area contributed by atoms with Crippen LogP contribution in [0.25, 0.3) is 0 Å². The molecule has 0 fully saturated rings. The Hall–Kier alpha value is -1.10. The lowest BCUT2D eigenvalue weighted by Crippen LogP contribution is -2.31. The van der Waals surface area contributed by atoms with Crippen molar-refractivity contribution in [1.82, 2.24) is 10.3 Å². The number of carbonyl (C=O) groups excluding carboxylic acids is 1. The first-order valence-electron chi connectivity index (χ1n) is 5.22. The Balaban J connectivity index is 2.31. The van der Waals surface area contributed by atoms with Gasteiger partial charge in [0, 0.05) is 31.4 Å². The van der Waals surface area contributed by atoms with Crippen molar-refractivity contribution < 1.29 is 4.79 Å². The van der Waals surface area contributed by atoms with Gasteiger partial charge in [-0.15, -0.1) is 0 Å². The average molecular weight is 286 g/mol. The lowest BCUT2D eigenvalue weighted by atomic mass is 10.3. The van der Waals surface area contributed by atoms with E-state index in [0.717, 1.165) is 10.2 Å². The minimum Gasteiger partial charge on any atom is -0.384 e. The highest BCUT2D eigenvalue weighted by Crippen LogP contribution is 2.19. The van der Waals surface area contributed by atoms with Crippen molar-refractivity contribution in [3.63, 3.8) is 0 Å². The molecule has 5 heteroatoms. The summed E-state index contributed by atoms with van der Waals surface area (Å²) >= 11 is 3.38. The second-order valence-electron chi connectivity index (χ2n) is 3.75. The number of amides is 1. The summed E-state index contributed by atoms with van der Waals surface area (Å²) in [6.07, 6.45) is 3.89. The molecule has 0 aromatic carbocycles. The number of hydrogen-bond donors (Lipinski definition) is 2. The molecular weight excluding hydrogens is 270 g/mol. The molecule has 1 aromatic heterocycles. The fraction of sp³-hybridized carbons (Fsp3) is 0.455. The summed E-state index contributed by atoms with van der Waals surface area (Å²) in [5, 5.41) is 6.01. The number of aromatic nitrogens is 1. The van der Waals surface area contributed by atoms with Crippen molar-refractivity contribution in [3.8, 4) is 0 Å². The second-order valence-corrected chi connectivity index (χ2v) is 4.61. The van der Waals surface area contributed by atoms with E-state index in [4.69, 9.17) is 0 Å². The molecule has 0 saturated carbocycles. The lowest BCUT2D eigenvalue weighted by molar-refractivity contribution is -0.121. The van der Waals surface area contributed by atoms with E-state index < -0.39 is 0 Å². The lowest BCUT2D eigenvalue weighted by Gasteiger charge is -2.10. The molecule has 16 heavy (non-hydrogen) atoms. The van der Waals surface area contributed by atoms with Crippen molar-refractivity contribution >= 4 is 27.5 Å². The zero-order valence-corrected chi connectivity index (χ0v) is 11.0. The fourth-order valence-corrected chi connectivity index (χ4v) is 1.61. The standard InChI is InChI=1S/C11H16BrN3O/c1-8(2)15-11(16)4-6-14-10-3-5-13-7-9(10)12/h3,5,7-8H,4,6H2,1-2H3,(H,13,14)(H,15,16). The molecule has 88 valence electrons. The van der Waals surface area contributed by atoms with Crippen LogP contribution in [0.2, 0.25) is 0 Å². The van der Waals surface area contributed by atoms with Gasteiger partial charge in [-0.25, -0.2) is 0 Å². The van der Waals surface area contributed by atoms with Gasteiger partial charge in [0.2, 0.25) is 5.91 Å². The highest BCUT2D eigenvalue weighted by molar-refractivity contribution is 9.10. The van der Waals surface area contributed by atoms with Crippen LogP contribution < -0.4 is 10.6 Å².